The highest BCUT2D eigenvalue weighted by Gasteiger charge is 2.25. The number of amides is 1. The number of benzene rings is 2. The van der Waals surface area contributed by atoms with Crippen molar-refractivity contribution < 1.29 is 14.3 Å². The molecule has 2 aromatic carbocycles. The molecule has 0 spiro atoms. The van der Waals surface area contributed by atoms with E-state index in [9.17, 15) is 14.3 Å². The van der Waals surface area contributed by atoms with E-state index in [2.05, 4.69) is 5.32 Å². The number of aryl methyl sites for hydroxylation is 1. The molecule has 0 aromatic heterocycles. The predicted octanol–water partition coefficient (Wildman–Crippen LogP) is 3.60. The molecule has 2 N–H and O–H groups in total. The van der Waals surface area contributed by atoms with Crippen LogP contribution in [0.4, 0.5) is 4.39 Å². The van der Waals surface area contributed by atoms with Crippen LogP contribution in [-0.2, 0) is 6.42 Å². The van der Waals surface area contributed by atoms with Gasteiger partial charge in [-0.15, -0.1) is 0 Å². The van der Waals surface area contributed by atoms with Gasteiger partial charge in [-0.2, -0.15) is 0 Å². The molecule has 3 rings (SSSR count). The average molecular weight is 306 g/mol. The minimum absolute atomic E-state index is 0.0739. The van der Waals surface area contributed by atoms with Gasteiger partial charge in [0.1, 0.15) is 11.6 Å². The minimum atomic E-state index is -0.734. The fraction of sp³-hybridized carbons (Fsp3) is 0.188. The van der Waals surface area contributed by atoms with E-state index < -0.39 is 11.7 Å². The van der Waals surface area contributed by atoms with Crippen LogP contribution in [0.2, 0.25) is 5.02 Å². The first-order valence-corrected chi connectivity index (χ1v) is 7.00. The van der Waals surface area contributed by atoms with Crippen molar-refractivity contribution in [2.45, 2.75) is 18.9 Å². The lowest BCUT2D eigenvalue weighted by Gasteiger charge is -2.14. The maximum atomic E-state index is 13.7. The van der Waals surface area contributed by atoms with E-state index >= 15 is 0 Å². The SMILES string of the molecule is O=C(N[C@@H]1CCc2cc(Cl)ccc21)c1ccc(O)cc1F. The van der Waals surface area contributed by atoms with Crippen molar-refractivity contribution >= 4 is 17.5 Å². The number of aromatic hydroxyl groups is 1. The Labute approximate surface area is 126 Å². The molecule has 0 saturated heterocycles. The van der Waals surface area contributed by atoms with Crippen molar-refractivity contribution in [2.75, 3.05) is 0 Å². The standard InChI is InChI=1S/C16H13ClFNO2/c17-10-2-4-12-9(7-10)1-6-15(12)19-16(21)13-5-3-11(20)8-14(13)18/h2-5,7-8,15,20H,1,6H2,(H,19,21)/t15-/m1/s1. The summed E-state index contributed by atoms with van der Waals surface area (Å²) in [6.45, 7) is 0. The average Bonchev–Trinajstić information content (AvgIpc) is 2.80. The van der Waals surface area contributed by atoms with Gasteiger partial charge >= 0.3 is 0 Å². The Hall–Kier alpha value is -2.07. The molecule has 3 nitrogen and oxygen atoms in total. The third-order valence-electron chi connectivity index (χ3n) is 3.69. The number of halogens is 2. The Morgan fingerprint density at radius 3 is 2.86 bits per heavy atom. The maximum Gasteiger partial charge on any atom is 0.254 e. The van der Waals surface area contributed by atoms with Crippen molar-refractivity contribution in [3.8, 4) is 5.75 Å². The molecule has 0 saturated carbocycles. The maximum absolute atomic E-state index is 13.7. The molecule has 0 bridgehead atoms. The summed E-state index contributed by atoms with van der Waals surface area (Å²) >= 11 is 5.95. The summed E-state index contributed by atoms with van der Waals surface area (Å²) in [5.74, 6) is -1.42. The van der Waals surface area contributed by atoms with Gasteiger partial charge in [-0.1, -0.05) is 17.7 Å². The molecule has 5 heteroatoms. The second kappa shape index (κ2) is 5.37. The lowest BCUT2D eigenvalue weighted by molar-refractivity contribution is 0.0932. The lowest BCUT2D eigenvalue weighted by atomic mass is 10.1. The van der Waals surface area contributed by atoms with Crippen LogP contribution in [0.25, 0.3) is 0 Å². The number of rotatable bonds is 2. The van der Waals surface area contributed by atoms with Crippen LogP contribution in [0.1, 0.15) is 33.9 Å². The summed E-state index contributed by atoms with van der Waals surface area (Å²) < 4.78 is 13.7. The molecule has 1 atom stereocenters. The summed E-state index contributed by atoms with van der Waals surface area (Å²) in [4.78, 5) is 12.2. The van der Waals surface area contributed by atoms with Crippen LogP contribution >= 0.6 is 11.6 Å². The van der Waals surface area contributed by atoms with Gasteiger partial charge in [0.2, 0.25) is 0 Å². The summed E-state index contributed by atoms with van der Waals surface area (Å²) in [5.41, 5.74) is 2.06. The second-order valence-electron chi connectivity index (χ2n) is 5.07. The van der Waals surface area contributed by atoms with Gasteiger partial charge in [0.25, 0.3) is 5.91 Å². The second-order valence-corrected chi connectivity index (χ2v) is 5.51. The molecule has 0 unspecified atom stereocenters. The van der Waals surface area contributed by atoms with Crippen molar-refractivity contribution in [1.29, 1.82) is 0 Å². The van der Waals surface area contributed by atoms with Crippen molar-refractivity contribution in [3.05, 3.63) is 63.9 Å². The van der Waals surface area contributed by atoms with E-state index in [-0.39, 0.29) is 17.4 Å². The molecule has 1 amide bonds. The Balaban J connectivity index is 1.81. The van der Waals surface area contributed by atoms with E-state index in [4.69, 9.17) is 11.6 Å². The van der Waals surface area contributed by atoms with E-state index in [1.807, 2.05) is 12.1 Å². The number of carbonyl (C=O) groups excluding carboxylic acids is 1. The van der Waals surface area contributed by atoms with Gasteiger partial charge < -0.3 is 10.4 Å². The van der Waals surface area contributed by atoms with Crippen LogP contribution in [0.5, 0.6) is 5.75 Å². The minimum Gasteiger partial charge on any atom is -0.508 e. The van der Waals surface area contributed by atoms with Crippen LogP contribution in [0, 0.1) is 5.82 Å². The zero-order chi connectivity index (χ0) is 15.0. The topological polar surface area (TPSA) is 49.3 Å². The van der Waals surface area contributed by atoms with Crippen LogP contribution in [-0.4, -0.2) is 11.0 Å². The van der Waals surface area contributed by atoms with Crippen molar-refractivity contribution in [3.63, 3.8) is 0 Å². The smallest absolute Gasteiger partial charge is 0.254 e. The normalized spacial score (nSPS) is 16.6. The molecule has 0 fully saturated rings. The molecule has 2 aromatic rings. The Kier molecular flexibility index (Phi) is 3.55. The zero-order valence-corrected chi connectivity index (χ0v) is 11.8. The lowest BCUT2D eigenvalue weighted by Crippen LogP contribution is -2.27. The predicted molar refractivity (Wildman–Crippen MR) is 78.0 cm³/mol. The van der Waals surface area contributed by atoms with Crippen molar-refractivity contribution in [2.24, 2.45) is 0 Å². The van der Waals surface area contributed by atoms with Crippen LogP contribution < -0.4 is 5.32 Å². The zero-order valence-electron chi connectivity index (χ0n) is 11.1. The quantitative estimate of drug-likeness (QED) is 0.890. The number of hydrogen-bond acceptors (Lipinski definition) is 2. The van der Waals surface area contributed by atoms with Crippen LogP contribution in [0.15, 0.2) is 36.4 Å². The molecule has 0 radical (unpaired) electrons. The van der Waals surface area contributed by atoms with Crippen LogP contribution in [0.3, 0.4) is 0 Å². The third-order valence-corrected chi connectivity index (χ3v) is 3.92. The Bertz CT molecular complexity index is 717. The first-order chi connectivity index (χ1) is 10.0. The van der Waals surface area contributed by atoms with Gasteiger partial charge in [0, 0.05) is 11.1 Å². The molecule has 1 aliphatic rings. The summed E-state index contributed by atoms with van der Waals surface area (Å²) in [5, 5.41) is 12.7. The largest absolute Gasteiger partial charge is 0.508 e. The Morgan fingerprint density at radius 2 is 2.10 bits per heavy atom. The molecule has 0 aliphatic heterocycles. The summed E-state index contributed by atoms with van der Waals surface area (Å²) in [6.07, 6.45) is 1.60. The van der Waals surface area contributed by atoms with E-state index in [0.717, 1.165) is 30.0 Å². The van der Waals surface area contributed by atoms with E-state index in [0.29, 0.717) is 5.02 Å². The monoisotopic (exact) mass is 305 g/mol. The summed E-state index contributed by atoms with van der Waals surface area (Å²) in [7, 11) is 0. The van der Waals surface area contributed by atoms with Gasteiger partial charge in [0.05, 0.1) is 11.6 Å². The number of nitrogens with one attached hydrogen (secondary N) is 1. The first kappa shape index (κ1) is 13.9. The molecular weight excluding hydrogens is 293 g/mol. The first-order valence-electron chi connectivity index (χ1n) is 6.62. The van der Waals surface area contributed by atoms with Gasteiger partial charge in [-0.05, 0) is 48.2 Å². The highest BCUT2D eigenvalue weighted by Crippen LogP contribution is 2.33. The number of phenols is 1. The van der Waals surface area contributed by atoms with E-state index in [1.165, 1.54) is 12.1 Å². The molecular formula is C16H13ClFNO2. The van der Waals surface area contributed by atoms with Crippen molar-refractivity contribution in [1.82, 2.24) is 5.32 Å². The number of phenolic OH excluding ortho intramolecular Hbond substituents is 1. The third kappa shape index (κ3) is 2.72. The number of carbonyl (C=O) groups is 1. The number of hydrogen-bond donors (Lipinski definition) is 2. The van der Waals surface area contributed by atoms with Gasteiger partial charge in [-0.3, -0.25) is 4.79 Å². The number of fused-ring (bicyclic) bond motifs is 1. The molecule has 1 aliphatic carbocycles. The highest BCUT2D eigenvalue weighted by atomic mass is 35.5. The summed E-state index contributed by atoms with van der Waals surface area (Å²) in [6, 6.07) is 8.92. The highest BCUT2D eigenvalue weighted by molar-refractivity contribution is 6.30. The molecule has 0 heterocycles. The molecule has 108 valence electrons. The van der Waals surface area contributed by atoms with E-state index in [1.54, 1.807) is 6.07 Å². The van der Waals surface area contributed by atoms with Gasteiger partial charge in [-0.25, -0.2) is 4.39 Å². The Morgan fingerprint density at radius 1 is 1.29 bits per heavy atom. The molecule has 21 heavy (non-hydrogen) atoms. The fourth-order valence-corrected chi connectivity index (χ4v) is 2.85. The fourth-order valence-electron chi connectivity index (χ4n) is 2.66. The van der Waals surface area contributed by atoms with Gasteiger partial charge in [0.15, 0.2) is 0 Å².